The van der Waals surface area contributed by atoms with Crippen LogP contribution in [0.3, 0.4) is 0 Å². The van der Waals surface area contributed by atoms with Crippen molar-refractivity contribution >= 4 is 44.1 Å². The smallest absolute Gasteiger partial charge is 0.257 e. The van der Waals surface area contributed by atoms with E-state index in [4.69, 9.17) is 4.98 Å². The second-order valence-electron chi connectivity index (χ2n) is 8.04. The highest BCUT2D eigenvalue weighted by atomic mass is 32.1. The highest BCUT2D eigenvalue weighted by molar-refractivity contribution is 7.21. The molecule has 2 heterocycles. The number of thiazole rings is 1. The van der Waals surface area contributed by atoms with Gasteiger partial charge in [0.05, 0.1) is 21.3 Å². The molecule has 5 heteroatoms. The number of aryl methyl sites for hydroxylation is 2. The van der Waals surface area contributed by atoms with Crippen LogP contribution in [0.1, 0.15) is 34.5 Å². The number of nitrogens with one attached hydrogen (secondary N) is 2. The molecule has 1 amide bonds. The number of anilines is 1. The minimum absolute atomic E-state index is 0.0862. The van der Waals surface area contributed by atoms with Gasteiger partial charge in [0.2, 0.25) is 0 Å². The Hall–Kier alpha value is -3.44. The van der Waals surface area contributed by atoms with Crippen LogP contribution in [0.5, 0.6) is 0 Å². The Morgan fingerprint density at radius 2 is 1.77 bits per heavy atom. The third-order valence-corrected chi connectivity index (χ3v) is 7.15. The minimum atomic E-state index is -0.0862. The van der Waals surface area contributed by atoms with E-state index < -0.39 is 0 Å². The number of hydrogen-bond donors (Lipinski definition) is 2. The molecule has 2 aromatic heterocycles. The van der Waals surface area contributed by atoms with Gasteiger partial charge in [-0.25, -0.2) is 4.98 Å². The van der Waals surface area contributed by atoms with E-state index >= 15 is 0 Å². The summed E-state index contributed by atoms with van der Waals surface area (Å²) in [5.41, 5.74) is 7.18. The number of fused-ring (bicyclic) bond motifs is 4. The van der Waals surface area contributed by atoms with Crippen molar-refractivity contribution in [3.05, 3.63) is 83.6 Å². The van der Waals surface area contributed by atoms with Gasteiger partial charge in [-0.3, -0.25) is 4.79 Å². The average molecular weight is 424 g/mol. The van der Waals surface area contributed by atoms with Crippen molar-refractivity contribution in [1.82, 2.24) is 9.97 Å². The van der Waals surface area contributed by atoms with Crippen LogP contribution in [-0.2, 0) is 12.8 Å². The van der Waals surface area contributed by atoms with Gasteiger partial charge in [0.15, 0.2) is 0 Å². The number of nitrogens with zero attached hydrogens (tertiary/aromatic N) is 1. The number of carbonyl (C=O) groups is 1. The molecular weight excluding hydrogens is 402 g/mol. The lowest BCUT2D eigenvalue weighted by atomic mass is 9.95. The van der Waals surface area contributed by atoms with Crippen LogP contribution in [-0.4, -0.2) is 15.9 Å². The van der Waals surface area contributed by atoms with E-state index in [1.165, 1.54) is 34.2 Å². The van der Waals surface area contributed by atoms with Gasteiger partial charge in [-0.15, -0.1) is 11.3 Å². The summed E-state index contributed by atoms with van der Waals surface area (Å²) >= 11 is 1.68. The molecule has 0 aliphatic heterocycles. The molecule has 3 aromatic carbocycles. The third kappa shape index (κ3) is 3.22. The fourth-order valence-corrected chi connectivity index (χ4v) is 5.48. The number of para-hydroxylation sites is 2. The highest BCUT2D eigenvalue weighted by Gasteiger charge is 2.19. The zero-order chi connectivity index (χ0) is 20.8. The van der Waals surface area contributed by atoms with Crippen LogP contribution >= 0.6 is 11.3 Å². The summed E-state index contributed by atoms with van der Waals surface area (Å²) in [6.07, 6.45) is 4.59. The molecule has 1 aliphatic rings. The van der Waals surface area contributed by atoms with Crippen molar-refractivity contribution in [2.24, 2.45) is 0 Å². The van der Waals surface area contributed by atoms with Crippen molar-refractivity contribution in [2.75, 3.05) is 5.32 Å². The van der Waals surface area contributed by atoms with Gasteiger partial charge in [-0.2, -0.15) is 0 Å². The number of hydrogen-bond acceptors (Lipinski definition) is 3. The SMILES string of the molecule is O=C(Nc1ccc(-c2nc3ccccc3s2)cc1)c1cccc2c3c([nH]c12)CCCC3. The van der Waals surface area contributed by atoms with Gasteiger partial charge in [0.1, 0.15) is 5.01 Å². The molecule has 0 radical (unpaired) electrons. The lowest BCUT2D eigenvalue weighted by Crippen LogP contribution is -2.12. The molecule has 152 valence electrons. The molecule has 0 unspecified atom stereocenters. The van der Waals surface area contributed by atoms with Crippen molar-refractivity contribution in [3.63, 3.8) is 0 Å². The van der Waals surface area contributed by atoms with Crippen LogP contribution < -0.4 is 5.32 Å². The van der Waals surface area contributed by atoms with Crippen molar-refractivity contribution in [2.45, 2.75) is 25.7 Å². The summed E-state index contributed by atoms with van der Waals surface area (Å²) in [5.74, 6) is -0.0862. The van der Waals surface area contributed by atoms with E-state index in [9.17, 15) is 4.79 Å². The highest BCUT2D eigenvalue weighted by Crippen LogP contribution is 2.32. The molecule has 31 heavy (non-hydrogen) atoms. The first-order valence-electron chi connectivity index (χ1n) is 10.7. The number of rotatable bonds is 3. The summed E-state index contributed by atoms with van der Waals surface area (Å²) in [6, 6.07) is 22.1. The molecule has 0 bridgehead atoms. The van der Waals surface area contributed by atoms with Crippen LogP contribution in [0.2, 0.25) is 0 Å². The molecule has 0 saturated heterocycles. The topological polar surface area (TPSA) is 57.8 Å². The zero-order valence-electron chi connectivity index (χ0n) is 16.9. The largest absolute Gasteiger partial charge is 0.358 e. The number of H-pyrrole nitrogens is 1. The average Bonchev–Trinajstić information content (AvgIpc) is 3.41. The van der Waals surface area contributed by atoms with Crippen LogP contribution in [0.15, 0.2) is 66.7 Å². The number of amides is 1. The molecule has 0 fully saturated rings. The second kappa shape index (κ2) is 7.36. The van der Waals surface area contributed by atoms with Crippen LogP contribution in [0.25, 0.3) is 31.7 Å². The molecule has 4 nitrogen and oxygen atoms in total. The minimum Gasteiger partial charge on any atom is -0.358 e. The van der Waals surface area contributed by atoms with Gasteiger partial charge in [-0.05, 0) is 73.7 Å². The number of benzene rings is 3. The van der Waals surface area contributed by atoms with Crippen molar-refractivity contribution < 1.29 is 4.79 Å². The number of aromatic amines is 1. The monoisotopic (exact) mass is 423 g/mol. The van der Waals surface area contributed by atoms with Gasteiger partial charge in [-0.1, -0.05) is 24.3 Å². The van der Waals surface area contributed by atoms with Gasteiger partial charge < -0.3 is 10.3 Å². The van der Waals surface area contributed by atoms with E-state index in [1.807, 2.05) is 54.6 Å². The standard InChI is InChI=1S/C26H21N3OS/c30-25(20-8-5-7-19-18-6-1-2-9-21(18)28-24(19)20)27-17-14-12-16(13-15-17)26-29-22-10-3-4-11-23(22)31-26/h3-5,7-8,10-15,28H,1-2,6,9H2,(H,27,30). The lowest BCUT2D eigenvalue weighted by molar-refractivity contribution is 0.102. The van der Waals surface area contributed by atoms with E-state index in [1.54, 1.807) is 11.3 Å². The Balaban J connectivity index is 1.27. The van der Waals surface area contributed by atoms with Crippen molar-refractivity contribution in [3.8, 4) is 10.6 Å². The first kappa shape index (κ1) is 18.3. The normalized spacial score (nSPS) is 13.4. The molecule has 1 aliphatic carbocycles. The van der Waals surface area contributed by atoms with Crippen molar-refractivity contribution in [1.29, 1.82) is 0 Å². The fraction of sp³-hybridized carbons (Fsp3) is 0.154. The molecule has 2 N–H and O–H groups in total. The van der Waals surface area contributed by atoms with Gasteiger partial charge >= 0.3 is 0 Å². The number of carbonyl (C=O) groups excluding carboxylic acids is 1. The lowest BCUT2D eigenvalue weighted by Gasteiger charge is -2.10. The van der Waals surface area contributed by atoms with E-state index in [0.29, 0.717) is 5.56 Å². The molecule has 6 rings (SSSR count). The van der Waals surface area contributed by atoms with Crippen LogP contribution in [0.4, 0.5) is 5.69 Å². The van der Waals surface area contributed by atoms with E-state index in [0.717, 1.165) is 40.1 Å². The summed E-state index contributed by atoms with van der Waals surface area (Å²) < 4.78 is 1.18. The van der Waals surface area contributed by atoms with E-state index in [-0.39, 0.29) is 5.91 Å². The fourth-order valence-electron chi connectivity index (χ4n) is 4.51. The number of aromatic nitrogens is 2. The van der Waals surface area contributed by atoms with E-state index in [2.05, 4.69) is 22.4 Å². The first-order valence-corrected chi connectivity index (χ1v) is 11.5. The molecule has 5 aromatic rings. The Labute approximate surface area is 184 Å². The van der Waals surface area contributed by atoms with Gasteiger partial charge in [0, 0.05) is 22.3 Å². The predicted octanol–water partition coefficient (Wildman–Crippen LogP) is 6.58. The van der Waals surface area contributed by atoms with Gasteiger partial charge in [0.25, 0.3) is 5.91 Å². The summed E-state index contributed by atoms with van der Waals surface area (Å²) in [5, 5.41) is 5.24. The first-order chi connectivity index (χ1) is 15.3. The molecule has 0 saturated carbocycles. The molecular formula is C26H21N3OS. The predicted molar refractivity (Wildman–Crippen MR) is 128 cm³/mol. The summed E-state index contributed by atoms with van der Waals surface area (Å²) in [7, 11) is 0. The Morgan fingerprint density at radius 1 is 0.935 bits per heavy atom. The zero-order valence-corrected chi connectivity index (χ0v) is 17.8. The summed E-state index contributed by atoms with van der Waals surface area (Å²) in [6.45, 7) is 0. The molecule has 0 spiro atoms. The Kier molecular flexibility index (Phi) is 4.35. The Bertz CT molecular complexity index is 1400. The third-order valence-electron chi connectivity index (χ3n) is 6.06. The maximum atomic E-state index is 13.1. The second-order valence-corrected chi connectivity index (χ2v) is 9.07. The quantitative estimate of drug-likeness (QED) is 0.344. The summed E-state index contributed by atoms with van der Waals surface area (Å²) in [4.78, 5) is 21.3. The molecule has 0 atom stereocenters. The maximum Gasteiger partial charge on any atom is 0.257 e. The maximum absolute atomic E-state index is 13.1. The Morgan fingerprint density at radius 3 is 2.65 bits per heavy atom. The van der Waals surface area contributed by atoms with Crippen LogP contribution in [0, 0.1) is 0 Å².